The van der Waals surface area contributed by atoms with E-state index < -0.39 is 5.41 Å². The van der Waals surface area contributed by atoms with E-state index in [-0.39, 0.29) is 18.4 Å². The minimum Gasteiger partial charge on any atom is -0.347 e. The molecule has 0 spiro atoms. The van der Waals surface area contributed by atoms with Crippen molar-refractivity contribution in [3.05, 3.63) is 0 Å². The number of nitrogens with one attached hydrogen (secondary N) is 1. The van der Waals surface area contributed by atoms with E-state index >= 15 is 0 Å². The van der Waals surface area contributed by atoms with Gasteiger partial charge in [-0.05, 0) is 13.8 Å². The van der Waals surface area contributed by atoms with Gasteiger partial charge < -0.3 is 10.2 Å². The predicted molar refractivity (Wildman–Crippen MR) is 44.4 cm³/mol. The van der Waals surface area contributed by atoms with Crippen molar-refractivity contribution < 1.29 is 9.59 Å². The Balaban J connectivity index is 2.82. The summed E-state index contributed by atoms with van der Waals surface area (Å²) < 4.78 is 0. The summed E-state index contributed by atoms with van der Waals surface area (Å²) in [6, 6.07) is 0. The number of hydrogen-bond donors (Lipinski definition) is 1. The molecular formula is C8H14N2O2. The van der Waals surface area contributed by atoms with Crippen LogP contribution in [-0.2, 0) is 9.59 Å². The molecule has 1 heterocycles. The van der Waals surface area contributed by atoms with Crippen LogP contribution in [0.2, 0.25) is 0 Å². The van der Waals surface area contributed by atoms with Gasteiger partial charge in [-0.2, -0.15) is 0 Å². The second-order valence-corrected chi connectivity index (χ2v) is 3.82. The zero-order valence-electron chi connectivity index (χ0n) is 7.68. The van der Waals surface area contributed by atoms with E-state index in [4.69, 9.17) is 0 Å². The van der Waals surface area contributed by atoms with Gasteiger partial charge in [0.1, 0.15) is 0 Å². The maximum atomic E-state index is 11.3. The monoisotopic (exact) mass is 170 g/mol. The van der Waals surface area contributed by atoms with Crippen LogP contribution in [0.25, 0.3) is 0 Å². The summed E-state index contributed by atoms with van der Waals surface area (Å²) in [6.45, 7) is 4.27. The van der Waals surface area contributed by atoms with Crippen LogP contribution in [0.3, 0.4) is 0 Å². The van der Waals surface area contributed by atoms with Crippen molar-refractivity contribution in [2.45, 2.75) is 13.8 Å². The maximum Gasteiger partial charge on any atom is 0.241 e. The minimum absolute atomic E-state index is 0.0334. The highest BCUT2D eigenvalue weighted by Crippen LogP contribution is 2.18. The third kappa shape index (κ3) is 1.57. The molecule has 1 rings (SSSR count). The Morgan fingerprint density at radius 3 is 2.58 bits per heavy atom. The van der Waals surface area contributed by atoms with Crippen LogP contribution in [0.1, 0.15) is 13.8 Å². The van der Waals surface area contributed by atoms with Gasteiger partial charge in [-0.1, -0.05) is 0 Å². The zero-order valence-corrected chi connectivity index (χ0v) is 7.68. The SMILES string of the molecule is CN1CC(C)(C)C(=O)NCC1=O. The Morgan fingerprint density at radius 1 is 1.42 bits per heavy atom. The smallest absolute Gasteiger partial charge is 0.241 e. The Bertz CT molecular complexity index is 223. The number of carbonyl (C=O) groups excluding carboxylic acids is 2. The van der Waals surface area contributed by atoms with Crippen LogP contribution < -0.4 is 5.32 Å². The molecule has 0 bridgehead atoms. The van der Waals surface area contributed by atoms with Gasteiger partial charge in [0, 0.05) is 13.6 Å². The molecule has 0 atom stereocenters. The molecule has 0 unspecified atom stereocenters. The fraction of sp³-hybridized carbons (Fsp3) is 0.750. The number of rotatable bonds is 0. The molecule has 1 aliphatic heterocycles. The van der Waals surface area contributed by atoms with Crippen molar-refractivity contribution in [1.29, 1.82) is 0 Å². The standard InChI is InChI=1S/C8H14N2O2/c1-8(2)5-10(3)6(11)4-9-7(8)12/h4-5H2,1-3H3,(H,9,12). The molecule has 0 saturated carbocycles. The average Bonchev–Trinajstić information content (AvgIpc) is 2.03. The second kappa shape index (κ2) is 2.77. The first kappa shape index (κ1) is 9.03. The Hall–Kier alpha value is -1.06. The van der Waals surface area contributed by atoms with E-state index in [1.807, 2.05) is 13.8 Å². The predicted octanol–water partition coefficient (Wildman–Crippen LogP) is -0.399. The van der Waals surface area contributed by atoms with Crippen LogP contribution in [-0.4, -0.2) is 36.9 Å². The van der Waals surface area contributed by atoms with E-state index in [1.165, 1.54) is 0 Å². The topological polar surface area (TPSA) is 49.4 Å². The summed E-state index contributed by atoms with van der Waals surface area (Å²) in [5, 5.41) is 2.58. The van der Waals surface area contributed by atoms with Crippen LogP contribution >= 0.6 is 0 Å². The van der Waals surface area contributed by atoms with Crippen LogP contribution in [0.4, 0.5) is 0 Å². The van der Waals surface area contributed by atoms with Crippen LogP contribution in [0.5, 0.6) is 0 Å². The van der Waals surface area contributed by atoms with Crippen LogP contribution in [0, 0.1) is 5.41 Å². The summed E-state index contributed by atoms with van der Waals surface area (Å²) in [6.07, 6.45) is 0. The molecule has 0 aromatic heterocycles. The third-order valence-electron chi connectivity index (χ3n) is 2.07. The summed E-state index contributed by atoms with van der Waals surface area (Å²) >= 11 is 0. The van der Waals surface area contributed by atoms with Gasteiger partial charge >= 0.3 is 0 Å². The fourth-order valence-corrected chi connectivity index (χ4v) is 1.28. The molecule has 12 heavy (non-hydrogen) atoms. The first-order valence-electron chi connectivity index (χ1n) is 3.96. The first-order chi connectivity index (χ1) is 5.43. The van der Waals surface area contributed by atoms with Gasteiger partial charge in [0.25, 0.3) is 0 Å². The highest BCUT2D eigenvalue weighted by atomic mass is 16.2. The van der Waals surface area contributed by atoms with Crippen molar-refractivity contribution in [3.63, 3.8) is 0 Å². The molecule has 1 N–H and O–H groups in total. The zero-order chi connectivity index (χ0) is 9.35. The van der Waals surface area contributed by atoms with Gasteiger partial charge in [0.15, 0.2) is 0 Å². The lowest BCUT2D eigenvalue weighted by Crippen LogP contribution is -2.38. The molecule has 1 aliphatic rings. The van der Waals surface area contributed by atoms with Gasteiger partial charge in [-0.25, -0.2) is 0 Å². The van der Waals surface area contributed by atoms with E-state index in [9.17, 15) is 9.59 Å². The largest absolute Gasteiger partial charge is 0.347 e. The van der Waals surface area contributed by atoms with Crippen molar-refractivity contribution in [2.75, 3.05) is 20.1 Å². The number of carbonyl (C=O) groups is 2. The average molecular weight is 170 g/mol. The van der Waals surface area contributed by atoms with E-state index in [0.717, 1.165) is 0 Å². The number of amides is 2. The van der Waals surface area contributed by atoms with Gasteiger partial charge in [-0.3, -0.25) is 9.59 Å². The van der Waals surface area contributed by atoms with E-state index in [2.05, 4.69) is 5.32 Å². The highest BCUT2D eigenvalue weighted by Gasteiger charge is 2.33. The molecule has 1 saturated heterocycles. The van der Waals surface area contributed by atoms with Crippen molar-refractivity contribution in [3.8, 4) is 0 Å². The number of likely N-dealkylation sites (N-methyl/N-ethyl adjacent to an activating group) is 1. The van der Waals surface area contributed by atoms with Crippen molar-refractivity contribution >= 4 is 11.8 Å². The molecule has 68 valence electrons. The molecule has 1 fully saturated rings. The summed E-state index contributed by atoms with van der Waals surface area (Å²) in [4.78, 5) is 24.1. The fourth-order valence-electron chi connectivity index (χ4n) is 1.28. The normalized spacial score (nSPS) is 23.4. The van der Waals surface area contributed by atoms with Gasteiger partial charge in [0.2, 0.25) is 11.8 Å². The maximum absolute atomic E-state index is 11.3. The molecule has 4 heteroatoms. The van der Waals surface area contributed by atoms with Gasteiger partial charge in [0.05, 0.1) is 12.0 Å². The molecule has 0 aliphatic carbocycles. The molecule has 2 amide bonds. The van der Waals surface area contributed by atoms with Crippen molar-refractivity contribution in [1.82, 2.24) is 10.2 Å². The van der Waals surface area contributed by atoms with Crippen LogP contribution in [0.15, 0.2) is 0 Å². The van der Waals surface area contributed by atoms with E-state index in [1.54, 1.807) is 11.9 Å². The molecule has 0 aromatic carbocycles. The summed E-state index contributed by atoms with van der Waals surface area (Å²) in [7, 11) is 1.71. The van der Waals surface area contributed by atoms with E-state index in [0.29, 0.717) is 6.54 Å². The minimum atomic E-state index is -0.471. The lowest BCUT2D eigenvalue weighted by molar-refractivity contribution is -0.128. The molecule has 4 nitrogen and oxygen atoms in total. The molecule has 0 aromatic rings. The highest BCUT2D eigenvalue weighted by molar-refractivity contribution is 5.90. The number of nitrogens with zero attached hydrogens (tertiary/aromatic N) is 1. The first-order valence-corrected chi connectivity index (χ1v) is 3.96. The Morgan fingerprint density at radius 2 is 2.00 bits per heavy atom. The second-order valence-electron chi connectivity index (χ2n) is 3.82. The summed E-state index contributed by atoms with van der Waals surface area (Å²) in [5.74, 6) is -0.0888. The molecular weight excluding hydrogens is 156 g/mol. The quantitative estimate of drug-likeness (QED) is 0.538. The molecule has 0 radical (unpaired) electrons. The third-order valence-corrected chi connectivity index (χ3v) is 2.07. The Kier molecular flexibility index (Phi) is 2.08. The van der Waals surface area contributed by atoms with Crippen molar-refractivity contribution in [2.24, 2.45) is 5.41 Å². The lowest BCUT2D eigenvalue weighted by Gasteiger charge is -2.24. The summed E-state index contributed by atoms with van der Waals surface area (Å²) in [5.41, 5.74) is -0.471. The van der Waals surface area contributed by atoms with Gasteiger partial charge in [-0.15, -0.1) is 0 Å². The number of hydrogen-bond acceptors (Lipinski definition) is 2. The lowest BCUT2D eigenvalue weighted by atomic mass is 9.92. The Labute approximate surface area is 71.9 Å².